The van der Waals surface area contributed by atoms with Gasteiger partial charge in [0.2, 0.25) is 5.28 Å². The molecule has 0 N–H and O–H groups in total. The van der Waals surface area contributed by atoms with E-state index in [1.807, 2.05) is 0 Å². The maximum atomic E-state index is 12.4. The monoisotopic (exact) mass is 446 g/mol. The van der Waals surface area contributed by atoms with E-state index in [4.69, 9.17) is 27.9 Å². The molecule has 10 heteroatoms. The fourth-order valence-electron chi connectivity index (χ4n) is 2.46. The largest absolute Gasteiger partial charge is 0.491 e. The maximum absolute atomic E-state index is 12.4. The van der Waals surface area contributed by atoms with E-state index in [0.717, 1.165) is 9.04 Å². The Hall–Kier alpha value is -1.77. The van der Waals surface area contributed by atoms with Crippen LogP contribution in [0.15, 0.2) is 32.3 Å². The summed E-state index contributed by atoms with van der Waals surface area (Å²) in [6.45, 7) is 0.537. The Labute approximate surface area is 160 Å². The maximum Gasteiger partial charge on any atom is 0.332 e. The van der Waals surface area contributed by atoms with E-state index < -0.39 is 11.2 Å². The summed E-state index contributed by atoms with van der Waals surface area (Å²) < 4.78 is 10.3. The first-order valence-corrected chi connectivity index (χ1v) is 8.75. The average molecular weight is 448 g/mol. The van der Waals surface area contributed by atoms with Crippen LogP contribution in [-0.2, 0) is 20.6 Å². The number of imidazole rings is 1. The first-order chi connectivity index (χ1) is 11.8. The van der Waals surface area contributed by atoms with Crippen LogP contribution in [0.3, 0.4) is 0 Å². The Balaban J connectivity index is 1.93. The Morgan fingerprint density at radius 2 is 1.92 bits per heavy atom. The van der Waals surface area contributed by atoms with Crippen LogP contribution in [-0.4, -0.2) is 25.3 Å². The number of nitrogens with zero attached hydrogens (tertiary/aromatic N) is 4. The molecule has 132 valence electrons. The number of hydrogen-bond acceptors (Lipinski definition) is 4. The molecule has 2 heterocycles. The van der Waals surface area contributed by atoms with Crippen LogP contribution in [0.4, 0.5) is 0 Å². The minimum absolute atomic E-state index is 0.118. The highest BCUT2D eigenvalue weighted by Gasteiger charge is 2.18. The second kappa shape index (κ2) is 6.86. The van der Waals surface area contributed by atoms with E-state index in [1.54, 1.807) is 25.2 Å². The molecule has 0 fully saturated rings. The molecule has 0 atom stereocenters. The highest BCUT2D eigenvalue weighted by atomic mass is 79.9. The molecular weight excluding hydrogens is 435 g/mol. The first-order valence-electron chi connectivity index (χ1n) is 7.21. The Morgan fingerprint density at radius 3 is 2.60 bits per heavy atom. The number of benzene rings is 1. The first kappa shape index (κ1) is 18.0. The van der Waals surface area contributed by atoms with Crippen LogP contribution in [0.5, 0.6) is 5.75 Å². The minimum atomic E-state index is -0.458. The fourth-order valence-corrected chi connectivity index (χ4v) is 3.51. The third kappa shape index (κ3) is 3.21. The third-order valence-corrected chi connectivity index (χ3v) is 4.91. The zero-order valence-electron chi connectivity index (χ0n) is 13.3. The molecule has 0 aliphatic heterocycles. The van der Waals surface area contributed by atoms with Crippen molar-refractivity contribution in [3.8, 4) is 5.75 Å². The van der Waals surface area contributed by atoms with Crippen LogP contribution >= 0.6 is 39.1 Å². The second-order valence-electron chi connectivity index (χ2n) is 5.33. The van der Waals surface area contributed by atoms with Crippen molar-refractivity contribution in [2.45, 2.75) is 6.54 Å². The molecule has 25 heavy (non-hydrogen) atoms. The Bertz CT molecular complexity index is 1090. The minimum Gasteiger partial charge on any atom is -0.491 e. The van der Waals surface area contributed by atoms with E-state index in [-0.39, 0.29) is 29.6 Å². The van der Waals surface area contributed by atoms with E-state index in [1.165, 1.54) is 16.2 Å². The lowest BCUT2D eigenvalue weighted by Gasteiger charge is -2.10. The van der Waals surface area contributed by atoms with Gasteiger partial charge in [-0.1, -0.05) is 11.6 Å². The van der Waals surface area contributed by atoms with Gasteiger partial charge in [0.05, 0.1) is 11.0 Å². The second-order valence-corrected chi connectivity index (χ2v) is 6.96. The van der Waals surface area contributed by atoms with Crippen molar-refractivity contribution in [3.63, 3.8) is 0 Å². The van der Waals surface area contributed by atoms with Crippen molar-refractivity contribution in [1.29, 1.82) is 0 Å². The topological polar surface area (TPSA) is 71.0 Å². The van der Waals surface area contributed by atoms with Crippen molar-refractivity contribution < 1.29 is 4.74 Å². The number of aryl methyl sites for hydroxylation is 1. The highest BCUT2D eigenvalue weighted by Crippen LogP contribution is 2.28. The molecule has 0 aliphatic carbocycles. The fraction of sp³-hybridized carbons (Fsp3) is 0.267. The number of halogens is 3. The van der Waals surface area contributed by atoms with E-state index in [9.17, 15) is 9.59 Å². The van der Waals surface area contributed by atoms with Gasteiger partial charge in [-0.05, 0) is 45.7 Å². The van der Waals surface area contributed by atoms with Gasteiger partial charge in [0, 0.05) is 19.1 Å². The van der Waals surface area contributed by atoms with Crippen LogP contribution < -0.4 is 16.0 Å². The molecule has 0 unspecified atom stereocenters. The average Bonchev–Trinajstić information content (AvgIpc) is 2.90. The molecule has 0 spiro atoms. The van der Waals surface area contributed by atoms with Gasteiger partial charge in [-0.25, -0.2) is 4.79 Å². The Morgan fingerprint density at radius 1 is 1.20 bits per heavy atom. The van der Waals surface area contributed by atoms with Crippen LogP contribution in [0, 0.1) is 0 Å². The lowest BCUT2D eigenvalue weighted by atomic mass is 10.3. The van der Waals surface area contributed by atoms with Crippen LogP contribution in [0.2, 0.25) is 10.3 Å². The molecule has 0 radical (unpaired) electrons. The zero-order valence-corrected chi connectivity index (χ0v) is 16.4. The molecule has 0 saturated heterocycles. The highest BCUT2D eigenvalue weighted by molar-refractivity contribution is 9.10. The molecule has 0 saturated carbocycles. The number of fused-ring (bicyclic) bond motifs is 1. The van der Waals surface area contributed by atoms with Gasteiger partial charge >= 0.3 is 5.69 Å². The van der Waals surface area contributed by atoms with Gasteiger partial charge in [0.1, 0.15) is 12.4 Å². The number of ether oxygens (including phenoxy) is 1. The molecule has 0 amide bonds. The van der Waals surface area contributed by atoms with Crippen molar-refractivity contribution in [3.05, 3.63) is 53.8 Å². The van der Waals surface area contributed by atoms with Gasteiger partial charge in [-0.2, -0.15) is 4.98 Å². The SMILES string of the molecule is Cn1c(=O)c2c(nc(Cl)n2CCOc2ccc(Cl)cc2Br)n(C)c1=O. The summed E-state index contributed by atoms with van der Waals surface area (Å²) in [5, 5.41) is 0.708. The third-order valence-electron chi connectivity index (χ3n) is 3.77. The normalized spacial score (nSPS) is 11.2. The predicted octanol–water partition coefficient (Wildman–Crippen LogP) is 2.58. The molecule has 2 aromatic heterocycles. The van der Waals surface area contributed by atoms with Crippen molar-refractivity contribution in [2.24, 2.45) is 14.1 Å². The van der Waals surface area contributed by atoms with E-state index >= 15 is 0 Å². The molecule has 7 nitrogen and oxygen atoms in total. The van der Waals surface area contributed by atoms with Gasteiger partial charge in [0.25, 0.3) is 5.56 Å². The summed E-state index contributed by atoms with van der Waals surface area (Å²) in [6, 6.07) is 5.18. The summed E-state index contributed by atoms with van der Waals surface area (Å²) in [4.78, 5) is 28.5. The summed E-state index contributed by atoms with van der Waals surface area (Å²) >= 11 is 15.4. The van der Waals surface area contributed by atoms with Gasteiger partial charge in [0.15, 0.2) is 11.2 Å². The van der Waals surface area contributed by atoms with Gasteiger partial charge in [-0.3, -0.25) is 13.9 Å². The molecule has 0 bridgehead atoms. The molecule has 1 aromatic carbocycles. The summed E-state index contributed by atoms with van der Waals surface area (Å²) in [5.74, 6) is 0.616. The van der Waals surface area contributed by atoms with Crippen molar-refractivity contribution in [2.75, 3.05) is 6.61 Å². The van der Waals surface area contributed by atoms with Crippen LogP contribution in [0.25, 0.3) is 11.2 Å². The zero-order chi connectivity index (χ0) is 18.3. The van der Waals surface area contributed by atoms with E-state index in [2.05, 4.69) is 20.9 Å². The molecule has 3 aromatic rings. The lowest BCUT2D eigenvalue weighted by Crippen LogP contribution is -2.37. The van der Waals surface area contributed by atoms with Crippen LogP contribution in [0.1, 0.15) is 0 Å². The van der Waals surface area contributed by atoms with Gasteiger partial charge in [-0.15, -0.1) is 0 Å². The Kier molecular flexibility index (Phi) is 4.95. The standard InChI is InChI=1S/C15H13BrCl2N4O3/c1-20-12-11(13(23)21(2)15(20)24)22(14(18)19-12)5-6-25-10-4-3-8(17)7-9(10)16/h3-4,7H,5-6H2,1-2H3. The number of aromatic nitrogens is 4. The predicted molar refractivity (Wildman–Crippen MR) is 99.9 cm³/mol. The number of hydrogen-bond donors (Lipinski definition) is 0. The van der Waals surface area contributed by atoms with Crippen molar-refractivity contribution >= 4 is 50.3 Å². The molecule has 3 rings (SSSR count). The molecule has 0 aliphatic rings. The van der Waals surface area contributed by atoms with E-state index in [0.29, 0.717) is 10.8 Å². The summed E-state index contributed by atoms with van der Waals surface area (Å²) in [5.41, 5.74) is -0.413. The lowest BCUT2D eigenvalue weighted by molar-refractivity contribution is 0.298. The molecular formula is C15H13BrCl2N4O3. The number of rotatable bonds is 4. The van der Waals surface area contributed by atoms with Gasteiger partial charge < -0.3 is 9.30 Å². The smallest absolute Gasteiger partial charge is 0.332 e. The van der Waals surface area contributed by atoms with Crippen molar-refractivity contribution in [1.82, 2.24) is 18.7 Å². The summed E-state index contributed by atoms with van der Waals surface area (Å²) in [6.07, 6.45) is 0. The quantitative estimate of drug-likeness (QED) is 0.576. The summed E-state index contributed by atoms with van der Waals surface area (Å²) in [7, 11) is 2.95.